The number of nitrogens with one attached hydrogen (secondary N) is 1. The number of pyridine rings is 2. The van der Waals surface area contributed by atoms with E-state index in [9.17, 15) is 4.79 Å². The van der Waals surface area contributed by atoms with Crippen LogP contribution in [0.1, 0.15) is 38.3 Å². The molecule has 0 saturated heterocycles. The number of aryl methyl sites for hydroxylation is 1. The Labute approximate surface area is 164 Å². The number of ether oxygens (including phenoxy) is 1. The van der Waals surface area contributed by atoms with Crippen LogP contribution in [0.25, 0.3) is 11.3 Å². The number of aromatic nitrogens is 2. The van der Waals surface area contributed by atoms with Crippen LogP contribution < -0.4 is 10.1 Å². The Morgan fingerprint density at radius 3 is 2.68 bits per heavy atom. The van der Waals surface area contributed by atoms with Crippen molar-refractivity contribution in [2.24, 2.45) is 0 Å². The predicted octanol–water partition coefficient (Wildman–Crippen LogP) is 3.78. The lowest BCUT2D eigenvalue weighted by atomic mass is 9.93. The lowest BCUT2D eigenvalue weighted by molar-refractivity contribution is 0.0957. The second-order valence-corrected chi connectivity index (χ2v) is 7.18. The fourth-order valence-corrected chi connectivity index (χ4v) is 3.54. The Morgan fingerprint density at radius 1 is 1.07 bits per heavy atom. The molecule has 1 aromatic carbocycles. The molecule has 1 aliphatic rings. The Hall–Kier alpha value is -3.21. The molecule has 5 nitrogen and oxygen atoms in total. The molecule has 5 heteroatoms. The van der Waals surface area contributed by atoms with Crippen molar-refractivity contribution in [3.8, 4) is 17.0 Å². The van der Waals surface area contributed by atoms with Gasteiger partial charge in [0.25, 0.3) is 5.91 Å². The van der Waals surface area contributed by atoms with Gasteiger partial charge in [0.05, 0.1) is 17.8 Å². The molecule has 0 atom stereocenters. The zero-order valence-corrected chi connectivity index (χ0v) is 16.4. The molecular formula is C23H23N3O2. The summed E-state index contributed by atoms with van der Waals surface area (Å²) in [5.74, 6) is 0.635. The number of hydrogen-bond donors (Lipinski definition) is 1. The van der Waals surface area contributed by atoms with E-state index in [4.69, 9.17) is 4.74 Å². The summed E-state index contributed by atoms with van der Waals surface area (Å²) in [6, 6.07) is 10.1. The summed E-state index contributed by atoms with van der Waals surface area (Å²) in [5.41, 5.74) is 7.98. The number of benzene rings is 1. The molecule has 4 rings (SSSR count). The predicted molar refractivity (Wildman–Crippen MR) is 109 cm³/mol. The average molecular weight is 373 g/mol. The van der Waals surface area contributed by atoms with Gasteiger partial charge in [-0.1, -0.05) is 6.07 Å². The van der Waals surface area contributed by atoms with Crippen molar-refractivity contribution in [1.82, 2.24) is 15.3 Å². The number of amides is 1. The highest BCUT2D eigenvalue weighted by atomic mass is 16.5. The number of hydrogen-bond acceptors (Lipinski definition) is 4. The fraction of sp³-hybridized carbons (Fsp3) is 0.261. The number of nitrogens with zero attached hydrogens (tertiary/aromatic N) is 2. The van der Waals surface area contributed by atoms with Gasteiger partial charge in [-0.15, -0.1) is 0 Å². The van der Waals surface area contributed by atoms with Gasteiger partial charge < -0.3 is 10.1 Å². The highest BCUT2D eigenvalue weighted by Gasteiger charge is 2.21. The first-order valence-corrected chi connectivity index (χ1v) is 9.45. The highest BCUT2D eigenvalue weighted by molar-refractivity contribution is 5.98. The summed E-state index contributed by atoms with van der Waals surface area (Å²) in [6.45, 7) is 7.10. The van der Waals surface area contributed by atoms with E-state index in [1.54, 1.807) is 6.20 Å². The second kappa shape index (κ2) is 7.43. The molecule has 0 aliphatic carbocycles. The highest BCUT2D eigenvalue weighted by Crippen LogP contribution is 2.31. The zero-order chi connectivity index (χ0) is 19.7. The van der Waals surface area contributed by atoms with Gasteiger partial charge in [0.2, 0.25) is 0 Å². The van der Waals surface area contributed by atoms with Crippen LogP contribution in [0, 0.1) is 20.8 Å². The minimum absolute atomic E-state index is 0.0709. The van der Waals surface area contributed by atoms with E-state index in [0.717, 1.165) is 45.6 Å². The summed E-state index contributed by atoms with van der Waals surface area (Å²) in [5, 5.41) is 2.89. The molecule has 1 aliphatic heterocycles. The maximum Gasteiger partial charge on any atom is 0.255 e. The number of fused-ring (bicyclic) bond motifs is 1. The van der Waals surface area contributed by atoms with E-state index in [1.165, 1.54) is 0 Å². The molecule has 0 fully saturated rings. The molecule has 3 heterocycles. The van der Waals surface area contributed by atoms with Crippen molar-refractivity contribution in [3.05, 3.63) is 76.2 Å². The normalized spacial score (nSPS) is 13.3. The Kier molecular flexibility index (Phi) is 4.82. The van der Waals surface area contributed by atoms with Crippen molar-refractivity contribution >= 4 is 5.91 Å². The lowest BCUT2D eigenvalue weighted by Crippen LogP contribution is -2.24. The van der Waals surface area contributed by atoms with Gasteiger partial charge in [0.1, 0.15) is 12.4 Å². The molecule has 1 amide bonds. The van der Waals surface area contributed by atoms with E-state index in [1.807, 2.05) is 44.3 Å². The number of carbonyl (C=O) groups excluding carboxylic acids is 1. The largest absolute Gasteiger partial charge is 0.491 e. The maximum absolute atomic E-state index is 12.4. The molecule has 1 N–H and O–H groups in total. The van der Waals surface area contributed by atoms with Crippen molar-refractivity contribution in [3.63, 3.8) is 0 Å². The van der Waals surface area contributed by atoms with E-state index in [-0.39, 0.29) is 5.91 Å². The lowest BCUT2D eigenvalue weighted by Gasteiger charge is -2.16. The van der Waals surface area contributed by atoms with Gasteiger partial charge in [-0.3, -0.25) is 14.8 Å². The molecule has 0 unspecified atom stereocenters. The molecular weight excluding hydrogens is 350 g/mol. The van der Waals surface area contributed by atoms with Gasteiger partial charge in [-0.25, -0.2) is 0 Å². The van der Waals surface area contributed by atoms with Crippen molar-refractivity contribution in [2.75, 3.05) is 13.2 Å². The average Bonchev–Trinajstić information content (AvgIpc) is 2.88. The molecule has 0 saturated carbocycles. The number of rotatable bonds is 3. The molecule has 0 spiro atoms. The Balaban J connectivity index is 1.64. The minimum Gasteiger partial charge on any atom is -0.491 e. The van der Waals surface area contributed by atoms with E-state index < -0.39 is 0 Å². The molecule has 0 radical (unpaired) electrons. The SMILES string of the molecule is Cc1cc(-c2ccc(Cc3cc4c(c(C)c3C)OCCNC4=O)cn2)ccn1. The smallest absolute Gasteiger partial charge is 0.255 e. The monoisotopic (exact) mass is 373 g/mol. The minimum atomic E-state index is -0.0709. The third-order valence-corrected chi connectivity index (χ3v) is 5.24. The Morgan fingerprint density at radius 2 is 1.93 bits per heavy atom. The second-order valence-electron chi connectivity index (χ2n) is 7.18. The van der Waals surface area contributed by atoms with Crippen molar-refractivity contribution in [2.45, 2.75) is 27.2 Å². The summed E-state index contributed by atoms with van der Waals surface area (Å²) in [7, 11) is 0. The summed E-state index contributed by atoms with van der Waals surface area (Å²) in [6.07, 6.45) is 4.42. The molecule has 28 heavy (non-hydrogen) atoms. The van der Waals surface area contributed by atoms with Crippen LogP contribution in [-0.4, -0.2) is 29.0 Å². The first-order valence-electron chi connectivity index (χ1n) is 9.45. The van der Waals surface area contributed by atoms with Gasteiger partial charge in [-0.2, -0.15) is 0 Å². The fourth-order valence-electron chi connectivity index (χ4n) is 3.54. The van der Waals surface area contributed by atoms with Crippen LogP contribution in [0.4, 0.5) is 0 Å². The van der Waals surface area contributed by atoms with Crippen LogP contribution in [-0.2, 0) is 6.42 Å². The van der Waals surface area contributed by atoms with Crippen molar-refractivity contribution in [1.29, 1.82) is 0 Å². The van der Waals surface area contributed by atoms with Gasteiger partial charge in [0, 0.05) is 23.7 Å². The number of carbonyl (C=O) groups is 1. The van der Waals surface area contributed by atoms with Crippen LogP contribution in [0.3, 0.4) is 0 Å². The molecule has 3 aromatic rings. The summed E-state index contributed by atoms with van der Waals surface area (Å²) < 4.78 is 5.81. The van der Waals surface area contributed by atoms with Crippen molar-refractivity contribution < 1.29 is 9.53 Å². The third kappa shape index (κ3) is 3.48. The van der Waals surface area contributed by atoms with Crippen LogP contribution in [0.15, 0.2) is 42.7 Å². The molecule has 2 aromatic heterocycles. The quantitative estimate of drug-likeness (QED) is 0.759. The molecule has 142 valence electrons. The Bertz CT molecular complexity index is 1040. The molecule has 0 bridgehead atoms. The van der Waals surface area contributed by atoms with Gasteiger partial charge in [-0.05, 0) is 73.7 Å². The van der Waals surface area contributed by atoms with Gasteiger partial charge in [0.15, 0.2) is 0 Å². The standard InChI is InChI=1S/C23H23N3O2/c1-14-10-18(6-7-24-14)21-5-4-17(13-26-21)11-19-12-20-22(16(3)15(19)2)28-9-8-25-23(20)27/h4-7,10,12-13H,8-9,11H2,1-3H3,(H,25,27). The van der Waals surface area contributed by atoms with E-state index in [0.29, 0.717) is 24.5 Å². The van der Waals surface area contributed by atoms with Gasteiger partial charge >= 0.3 is 0 Å². The van der Waals surface area contributed by atoms with Crippen LogP contribution in [0.5, 0.6) is 5.75 Å². The zero-order valence-electron chi connectivity index (χ0n) is 16.4. The topological polar surface area (TPSA) is 64.1 Å². The first-order chi connectivity index (χ1) is 13.5. The maximum atomic E-state index is 12.4. The first kappa shape index (κ1) is 18.2. The van der Waals surface area contributed by atoms with Crippen LogP contribution in [0.2, 0.25) is 0 Å². The summed E-state index contributed by atoms with van der Waals surface area (Å²) >= 11 is 0. The van der Waals surface area contributed by atoms with Crippen LogP contribution >= 0.6 is 0 Å². The summed E-state index contributed by atoms with van der Waals surface area (Å²) in [4.78, 5) is 21.3. The third-order valence-electron chi connectivity index (χ3n) is 5.24. The van der Waals surface area contributed by atoms with E-state index >= 15 is 0 Å². The van der Waals surface area contributed by atoms with E-state index in [2.05, 4.69) is 28.3 Å².